The molecule has 5 rings (SSSR count). The molecule has 0 saturated heterocycles. The lowest BCUT2D eigenvalue weighted by molar-refractivity contribution is -0.123. The first kappa shape index (κ1) is 27.5. The van der Waals surface area contributed by atoms with Crippen molar-refractivity contribution in [2.24, 2.45) is 5.92 Å². The number of rotatable bonds is 9. The van der Waals surface area contributed by atoms with Gasteiger partial charge in [0.2, 0.25) is 5.91 Å². The molecule has 15 heteroatoms. The van der Waals surface area contributed by atoms with Crippen LogP contribution in [0.4, 0.5) is 25.2 Å². The van der Waals surface area contributed by atoms with Crippen molar-refractivity contribution < 1.29 is 24.2 Å². The second-order valence-corrected chi connectivity index (χ2v) is 12.9. The molecule has 0 aliphatic heterocycles. The van der Waals surface area contributed by atoms with Crippen LogP contribution in [0, 0.1) is 17.2 Å². The Morgan fingerprint density at radius 1 is 1.15 bits per heavy atom. The maximum atomic E-state index is 13.5. The molecule has 0 spiro atoms. The molecule has 2 aliphatic carbocycles. The number of anilines is 1. The fourth-order valence-corrected chi connectivity index (χ4v) is 5.82. The number of benzene rings is 1. The number of pyridine rings is 1. The summed E-state index contributed by atoms with van der Waals surface area (Å²) in [6, 6.07) is 7.38. The predicted molar refractivity (Wildman–Crippen MR) is 138 cm³/mol. The van der Waals surface area contributed by atoms with Crippen LogP contribution in [-0.2, 0) is 16.8 Å². The molecule has 3 aromatic rings. The van der Waals surface area contributed by atoms with Gasteiger partial charge in [0.1, 0.15) is 22.5 Å². The molecule has 2 fully saturated rings. The van der Waals surface area contributed by atoms with Gasteiger partial charge >= 0.3 is 10.2 Å². The highest BCUT2D eigenvalue weighted by Crippen LogP contribution is 3.02. The zero-order valence-electron chi connectivity index (χ0n) is 20.0. The Morgan fingerprint density at radius 2 is 1.82 bits per heavy atom. The summed E-state index contributed by atoms with van der Waals surface area (Å²) in [5.74, 6) is 0.0706. The molecule has 2 N–H and O–H groups in total. The van der Waals surface area contributed by atoms with E-state index in [0.29, 0.717) is 31.0 Å². The van der Waals surface area contributed by atoms with E-state index >= 15 is 0 Å². The number of hydrogen-bond acceptors (Lipinski definition) is 5. The van der Waals surface area contributed by atoms with Gasteiger partial charge in [-0.25, -0.2) is 4.68 Å². The van der Waals surface area contributed by atoms with Crippen molar-refractivity contribution in [3.8, 4) is 11.8 Å². The van der Waals surface area contributed by atoms with Gasteiger partial charge < -0.3 is 10.6 Å². The molecule has 0 bridgehead atoms. The van der Waals surface area contributed by atoms with Crippen molar-refractivity contribution in [2.75, 3.05) is 11.9 Å². The third-order valence-corrected chi connectivity index (χ3v) is 8.42. The number of nitriles is 1. The van der Waals surface area contributed by atoms with Crippen molar-refractivity contribution >= 4 is 45.2 Å². The summed E-state index contributed by atoms with van der Waals surface area (Å²) in [5, 5.41) is 18.6. The zero-order chi connectivity index (χ0) is 28.3. The first-order chi connectivity index (χ1) is 18.1. The predicted octanol–water partition coefficient (Wildman–Crippen LogP) is 7.27. The van der Waals surface area contributed by atoms with Crippen molar-refractivity contribution in [2.45, 2.75) is 42.5 Å². The smallest absolute Gasteiger partial charge is 0.310 e. The van der Waals surface area contributed by atoms with Gasteiger partial charge in [-0.15, -0.1) is 0 Å². The summed E-state index contributed by atoms with van der Waals surface area (Å²) in [6.45, 7) is 0.559. The Bertz CT molecular complexity index is 1490. The summed E-state index contributed by atoms with van der Waals surface area (Å²) < 4.78 is 68.4. The molecule has 39 heavy (non-hydrogen) atoms. The Morgan fingerprint density at radius 3 is 2.33 bits per heavy atom. The first-order valence-electron chi connectivity index (χ1n) is 11.8. The number of carbonyl (C=O) groups is 1. The number of amides is 1. The van der Waals surface area contributed by atoms with E-state index in [1.807, 2.05) is 6.07 Å². The van der Waals surface area contributed by atoms with Crippen LogP contribution in [0.2, 0.25) is 10.0 Å². The summed E-state index contributed by atoms with van der Waals surface area (Å²) in [4.78, 5) is 15.3. The molecule has 1 amide bonds. The number of nitrogens with zero attached hydrogens (tertiary/aromatic N) is 4. The lowest BCUT2D eigenvalue weighted by atomic mass is 9.94. The fourth-order valence-electron chi connectivity index (χ4n) is 4.36. The second kappa shape index (κ2) is 8.71. The first-order valence-corrected chi connectivity index (χ1v) is 14.5. The highest BCUT2D eigenvalue weighted by atomic mass is 35.5. The molecule has 0 radical (unpaired) electrons. The van der Waals surface area contributed by atoms with Crippen LogP contribution < -0.4 is 10.6 Å². The molecular weight excluding hydrogens is 586 g/mol. The molecule has 2 heterocycles. The van der Waals surface area contributed by atoms with E-state index in [1.165, 1.54) is 0 Å². The van der Waals surface area contributed by atoms with Gasteiger partial charge in [0.25, 0.3) is 0 Å². The molecule has 2 saturated carbocycles. The Kier molecular flexibility index (Phi) is 6.14. The van der Waals surface area contributed by atoms with Crippen molar-refractivity contribution in [3.63, 3.8) is 0 Å². The Balaban J connectivity index is 1.60. The van der Waals surface area contributed by atoms with Crippen LogP contribution in [-0.4, -0.2) is 27.2 Å². The lowest BCUT2D eigenvalue weighted by Gasteiger charge is -2.40. The maximum Gasteiger partial charge on any atom is 0.310 e. The lowest BCUT2D eigenvalue weighted by Crippen LogP contribution is -2.35. The molecule has 0 unspecified atom stereocenters. The summed E-state index contributed by atoms with van der Waals surface area (Å²) >= 11 is 12.2. The number of hydrogen-bond donors (Lipinski definition) is 2. The Labute approximate surface area is 230 Å². The van der Waals surface area contributed by atoms with Crippen molar-refractivity contribution in [1.29, 1.82) is 5.26 Å². The average Bonchev–Trinajstić information content (AvgIpc) is 3.78. The number of aromatic nitrogens is 3. The van der Waals surface area contributed by atoms with Gasteiger partial charge in [-0.05, 0) is 55.9 Å². The standard InChI is InChI=1S/C24H21Cl2F5N6OS/c25-17-9-16(39(27,28,29,30)31)10-18(26)21(17)37-22(34-12-14-4-5-14)20(19(11-32)36-37)24(6-7-24)23(38)35-13-15-3-1-2-8-33-15/h1-3,8-10,14,34H,4-7,12-13H2,(H,35,38). The minimum atomic E-state index is -10.1. The van der Waals surface area contributed by atoms with Crippen LogP contribution in [0.15, 0.2) is 41.4 Å². The SMILES string of the molecule is N#Cc1nn(-c2c(Cl)cc(S(F)(F)(F)(F)F)cc2Cl)c(NCC2CC2)c1C1(C(=O)NCc2ccccn2)CC1. The van der Waals surface area contributed by atoms with Gasteiger partial charge in [0.15, 0.2) is 5.69 Å². The van der Waals surface area contributed by atoms with E-state index in [0.717, 1.165) is 17.5 Å². The molecule has 2 aromatic heterocycles. The van der Waals surface area contributed by atoms with Gasteiger partial charge in [-0.3, -0.25) is 9.78 Å². The normalized spacial score (nSPS) is 18.0. The molecule has 0 atom stereocenters. The van der Waals surface area contributed by atoms with E-state index in [4.69, 9.17) is 23.2 Å². The van der Waals surface area contributed by atoms with E-state index in [1.54, 1.807) is 24.4 Å². The quantitative estimate of drug-likeness (QED) is 0.250. The van der Waals surface area contributed by atoms with Crippen molar-refractivity contribution in [1.82, 2.24) is 20.1 Å². The van der Waals surface area contributed by atoms with Crippen LogP contribution in [0.25, 0.3) is 5.69 Å². The fraction of sp³-hybridized carbons (Fsp3) is 0.333. The highest BCUT2D eigenvalue weighted by Gasteiger charge is 2.65. The maximum absolute atomic E-state index is 13.5. The minimum absolute atomic E-state index is 0.0921. The van der Waals surface area contributed by atoms with E-state index < -0.39 is 30.6 Å². The van der Waals surface area contributed by atoms with Crippen molar-refractivity contribution in [3.05, 3.63) is 63.5 Å². The molecule has 208 valence electrons. The zero-order valence-corrected chi connectivity index (χ0v) is 22.4. The van der Waals surface area contributed by atoms with Crippen LogP contribution in [0.5, 0.6) is 0 Å². The van der Waals surface area contributed by atoms with Gasteiger partial charge in [0, 0.05) is 18.3 Å². The van der Waals surface area contributed by atoms with Gasteiger partial charge in [-0.1, -0.05) is 48.7 Å². The number of nitrogens with one attached hydrogen (secondary N) is 2. The minimum Gasteiger partial charge on any atom is -0.369 e. The molecule has 2 aliphatic rings. The highest BCUT2D eigenvalue weighted by molar-refractivity contribution is 8.45. The topological polar surface area (TPSA) is 95.6 Å². The van der Waals surface area contributed by atoms with Gasteiger partial charge in [0.05, 0.1) is 27.7 Å². The third-order valence-electron chi connectivity index (χ3n) is 6.71. The third kappa shape index (κ3) is 5.50. The molecule has 1 aromatic carbocycles. The Hall–Kier alpha value is -3.08. The van der Waals surface area contributed by atoms with Crippen LogP contribution in [0.3, 0.4) is 0 Å². The summed E-state index contributed by atoms with van der Waals surface area (Å²) in [6.07, 6.45) is 4.23. The summed E-state index contributed by atoms with van der Waals surface area (Å²) in [5.41, 5.74) is -0.773. The molecular formula is C24H21Cl2F5N6OS. The second-order valence-electron chi connectivity index (χ2n) is 9.71. The number of carbonyl (C=O) groups excluding carboxylic acids is 1. The van der Waals surface area contributed by atoms with Crippen LogP contribution >= 0.6 is 33.4 Å². The van der Waals surface area contributed by atoms with E-state index in [2.05, 4.69) is 20.7 Å². The monoisotopic (exact) mass is 606 g/mol. The van der Waals surface area contributed by atoms with Crippen LogP contribution in [0.1, 0.15) is 42.6 Å². The number of halogens is 7. The van der Waals surface area contributed by atoms with E-state index in [9.17, 15) is 29.5 Å². The largest absolute Gasteiger partial charge is 0.369 e. The van der Waals surface area contributed by atoms with E-state index in [-0.39, 0.29) is 47.3 Å². The van der Waals surface area contributed by atoms with Gasteiger partial charge in [-0.2, -0.15) is 10.4 Å². The molecule has 7 nitrogen and oxygen atoms in total. The summed E-state index contributed by atoms with van der Waals surface area (Å²) in [7, 11) is -10.1. The average molecular weight is 607 g/mol.